The number of anilines is 2. The number of carbonyl (C=O) groups is 2. The van der Waals surface area contributed by atoms with Gasteiger partial charge in [0.25, 0.3) is 10.0 Å². The normalized spacial score (nSPS) is 19.5. The van der Waals surface area contributed by atoms with Crippen LogP contribution in [-0.2, 0) is 19.6 Å². The number of aryl methyl sites for hydroxylation is 1. The van der Waals surface area contributed by atoms with Crippen LogP contribution in [0.4, 0.5) is 11.5 Å². The average molecular weight is 461 g/mol. The molecule has 0 spiro atoms. The van der Waals surface area contributed by atoms with Crippen molar-refractivity contribution in [2.45, 2.75) is 41.7 Å². The number of fused-ring (bicyclic) bond motifs is 1. The predicted octanol–water partition coefficient (Wildman–Crippen LogP) is 2.86. The molecule has 3 heterocycles. The molecule has 2 amide bonds. The smallest absolute Gasteiger partial charge is 0.263 e. The summed E-state index contributed by atoms with van der Waals surface area (Å²) in [7, 11) is -3.88. The van der Waals surface area contributed by atoms with Gasteiger partial charge in [-0.2, -0.15) is 0 Å². The highest BCUT2D eigenvalue weighted by atomic mass is 32.2. The van der Waals surface area contributed by atoms with Crippen LogP contribution in [0.15, 0.2) is 46.3 Å². The lowest BCUT2D eigenvalue weighted by atomic mass is 9.99. The van der Waals surface area contributed by atoms with Gasteiger partial charge in [-0.05, 0) is 61.6 Å². The maximum absolute atomic E-state index is 12.9. The van der Waals surface area contributed by atoms with E-state index < -0.39 is 21.2 Å². The number of nitrogens with one attached hydrogen (secondary N) is 2. The van der Waals surface area contributed by atoms with Gasteiger partial charge in [0.05, 0.1) is 10.6 Å². The minimum Gasteiger partial charge on any atom is -0.341 e. The topological polar surface area (TPSA) is 108 Å². The number of aromatic nitrogens is 1. The first kappa shape index (κ1) is 21.6. The highest BCUT2D eigenvalue weighted by molar-refractivity contribution is 8.01. The minimum atomic E-state index is -3.88. The van der Waals surface area contributed by atoms with Crippen molar-refractivity contribution in [1.29, 1.82) is 0 Å². The molecule has 1 saturated heterocycles. The zero-order valence-electron chi connectivity index (χ0n) is 17.3. The summed E-state index contributed by atoms with van der Waals surface area (Å²) in [5, 5.41) is 1.85. The molecule has 1 aromatic heterocycles. The maximum Gasteiger partial charge on any atom is 0.263 e. The van der Waals surface area contributed by atoms with Gasteiger partial charge in [-0.25, -0.2) is 13.4 Å². The van der Waals surface area contributed by atoms with Gasteiger partial charge in [0.1, 0.15) is 5.82 Å². The van der Waals surface area contributed by atoms with Gasteiger partial charge < -0.3 is 10.2 Å². The van der Waals surface area contributed by atoms with Crippen LogP contribution in [0.1, 0.15) is 25.3 Å². The zero-order valence-corrected chi connectivity index (χ0v) is 18.9. The van der Waals surface area contributed by atoms with Gasteiger partial charge in [-0.1, -0.05) is 6.92 Å². The molecule has 1 unspecified atom stereocenters. The van der Waals surface area contributed by atoms with Crippen molar-refractivity contribution < 1.29 is 18.0 Å². The van der Waals surface area contributed by atoms with E-state index in [9.17, 15) is 18.0 Å². The third-order valence-corrected chi connectivity index (χ3v) is 8.09. The number of piperidine rings is 1. The van der Waals surface area contributed by atoms with Crippen LogP contribution in [-0.4, -0.2) is 48.5 Å². The summed E-state index contributed by atoms with van der Waals surface area (Å²) in [5.74, 6) is 0.187. The maximum atomic E-state index is 12.9. The highest BCUT2D eigenvalue weighted by Crippen LogP contribution is 2.38. The number of thioether (sulfide) groups is 1. The second kappa shape index (κ2) is 8.51. The number of likely N-dealkylation sites (tertiary alicyclic amines) is 1. The minimum absolute atomic E-state index is 0.00486. The van der Waals surface area contributed by atoms with Gasteiger partial charge in [-0.15, -0.1) is 11.8 Å². The molecule has 1 atom stereocenters. The number of sulfonamides is 1. The van der Waals surface area contributed by atoms with Crippen molar-refractivity contribution in [2.24, 2.45) is 5.92 Å². The number of rotatable bonds is 4. The van der Waals surface area contributed by atoms with Crippen molar-refractivity contribution in [3.05, 3.63) is 42.1 Å². The summed E-state index contributed by atoms with van der Waals surface area (Å²) in [5.41, 5.74) is 1.26. The quantitative estimate of drug-likeness (QED) is 0.679. The number of nitrogens with zero attached hydrogens (tertiary/aromatic N) is 2. The Balaban J connectivity index is 1.52. The summed E-state index contributed by atoms with van der Waals surface area (Å²) in [4.78, 5) is 31.9. The van der Waals surface area contributed by atoms with E-state index in [-0.39, 0.29) is 16.6 Å². The first-order chi connectivity index (χ1) is 14.7. The number of amides is 2. The largest absolute Gasteiger partial charge is 0.341 e. The molecule has 8 nitrogen and oxygen atoms in total. The molecule has 2 aliphatic heterocycles. The highest BCUT2D eigenvalue weighted by Gasteiger charge is 2.37. The zero-order chi connectivity index (χ0) is 22.2. The van der Waals surface area contributed by atoms with Gasteiger partial charge in [0, 0.05) is 24.2 Å². The molecule has 4 rings (SSSR count). The van der Waals surface area contributed by atoms with Crippen molar-refractivity contribution in [3.8, 4) is 0 Å². The molecular formula is C21H24N4O4S2. The Kier molecular flexibility index (Phi) is 5.94. The fourth-order valence-electron chi connectivity index (χ4n) is 3.60. The first-order valence-electron chi connectivity index (χ1n) is 10.1. The molecule has 1 fully saturated rings. The van der Waals surface area contributed by atoms with Crippen LogP contribution in [0.2, 0.25) is 0 Å². The molecule has 2 aliphatic rings. The fourth-order valence-corrected chi connectivity index (χ4v) is 5.68. The molecular weight excluding hydrogens is 436 g/mol. The Morgan fingerprint density at radius 1 is 1.23 bits per heavy atom. The second-order valence-electron chi connectivity index (χ2n) is 7.98. The van der Waals surface area contributed by atoms with E-state index in [1.165, 1.54) is 18.3 Å². The third kappa shape index (κ3) is 4.69. The molecule has 2 aromatic rings. The Bertz CT molecular complexity index is 1130. The fraction of sp³-hybridized carbons (Fsp3) is 0.381. The van der Waals surface area contributed by atoms with Crippen LogP contribution in [0.5, 0.6) is 0 Å². The Labute approximate surface area is 185 Å². The summed E-state index contributed by atoms with van der Waals surface area (Å²) >= 11 is 1.16. The van der Waals surface area contributed by atoms with Crippen molar-refractivity contribution in [1.82, 2.24) is 9.88 Å². The van der Waals surface area contributed by atoms with E-state index in [1.807, 2.05) is 6.92 Å². The molecule has 0 aliphatic carbocycles. The number of pyridine rings is 1. The van der Waals surface area contributed by atoms with Gasteiger partial charge in [-0.3, -0.25) is 14.3 Å². The van der Waals surface area contributed by atoms with E-state index in [0.717, 1.165) is 30.2 Å². The van der Waals surface area contributed by atoms with Gasteiger partial charge >= 0.3 is 0 Å². The summed E-state index contributed by atoms with van der Waals surface area (Å²) in [6, 6.07) is 7.89. The third-order valence-electron chi connectivity index (χ3n) is 5.48. The summed E-state index contributed by atoms with van der Waals surface area (Å²) in [6.45, 7) is 5.32. The van der Waals surface area contributed by atoms with Crippen LogP contribution in [0.25, 0.3) is 0 Å². The first-order valence-corrected chi connectivity index (χ1v) is 12.4. The van der Waals surface area contributed by atoms with Crippen LogP contribution < -0.4 is 10.0 Å². The molecule has 0 bridgehead atoms. The van der Waals surface area contributed by atoms with E-state index in [4.69, 9.17) is 0 Å². The average Bonchev–Trinajstić information content (AvgIpc) is 2.72. The molecule has 0 radical (unpaired) electrons. The molecule has 2 N–H and O–H groups in total. The van der Waals surface area contributed by atoms with Gasteiger partial charge in [0.2, 0.25) is 11.8 Å². The summed E-state index contributed by atoms with van der Waals surface area (Å²) < 4.78 is 28.0. The summed E-state index contributed by atoms with van der Waals surface area (Å²) in [6.07, 6.45) is 3.40. The number of carbonyl (C=O) groups excluding carboxylic acids is 2. The van der Waals surface area contributed by atoms with Crippen LogP contribution in [0, 0.1) is 12.8 Å². The molecule has 164 valence electrons. The Morgan fingerprint density at radius 2 is 1.97 bits per heavy atom. The molecule has 31 heavy (non-hydrogen) atoms. The van der Waals surface area contributed by atoms with E-state index in [0.29, 0.717) is 29.6 Å². The van der Waals surface area contributed by atoms with Crippen molar-refractivity contribution in [2.75, 3.05) is 23.1 Å². The van der Waals surface area contributed by atoms with E-state index in [2.05, 4.69) is 21.9 Å². The van der Waals surface area contributed by atoms with Crippen molar-refractivity contribution >= 4 is 45.1 Å². The van der Waals surface area contributed by atoms with Crippen molar-refractivity contribution in [3.63, 3.8) is 0 Å². The number of hydrogen-bond donors (Lipinski definition) is 2. The van der Waals surface area contributed by atoms with Crippen LogP contribution in [0.3, 0.4) is 0 Å². The number of hydrogen-bond acceptors (Lipinski definition) is 6. The standard InChI is InChI=1S/C21H24N4O4S2/c1-13-6-9-25(10-7-13)21(27)19-20(26)23-16-12-15(3-4-17(16)30-19)31(28,29)24-18-11-14(2)5-8-22-18/h3-5,8,11-13,19H,6-7,9-10H2,1-2H3,(H,22,24)(H,23,26). The molecule has 1 aromatic carbocycles. The van der Waals surface area contributed by atoms with E-state index >= 15 is 0 Å². The second-order valence-corrected chi connectivity index (χ2v) is 10.8. The molecule has 10 heteroatoms. The lowest BCUT2D eigenvalue weighted by Gasteiger charge is -2.33. The monoisotopic (exact) mass is 460 g/mol. The van der Waals surface area contributed by atoms with E-state index in [1.54, 1.807) is 23.1 Å². The lowest BCUT2D eigenvalue weighted by Crippen LogP contribution is -2.47. The predicted molar refractivity (Wildman–Crippen MR) is 119 cm³/mol. The number of benzene rings is 1. The lowest BCUT2D eigenvalue weighted by molar-refractivity contribution is -0.135. The Morgan fingerprint density at radius 3 is 2.68 bits per heavy atom. The SMILES string of the molecule is Cc1ccnc(NS(=O)(=O)c2ccc3c(c2)NC(=O)C(C(=O)N2CCC(C)CC2)S3)c1. The Hall–Kier alpha value is -2.59. The molecule has 0 saturated carbocycles. The van der Waals surface area contributed by atoms with Gasteiger partial charge in [0.15, 0.2) is 5.25 Å². The van der Waals surface area contributed by atoms with Crippen LogP contribution >= 0.6 is 11.8 Å².